The maximum Gasteiger partial charge on any atom is 0.373 e. The minimum atomic E-state index is 0. The summed E-state index contributed by atoms with van der Waals surface area (Å²) in [6.07, 6.45) is 3.01. The van der Waals surface area contributed by atoms with Gasteiger partial charge in [0.05, 0.1) is 12.7 Å². The first-order valence-corrected chi connectivity index (χ1v) is 3.72. The lowest BCUT2D eigenvalue weighted by atomic mass is 10.5. The molecule has 0 N–H and O–H groups in total. The van der Waals surface area contributed by atoms with Crippen molar-refractivity contribution in [3.05, 3.63) is 24.4 Å². The van der Waals surface area contributed by atoms with Crippen molar-refractivity contribution < 1.29 is 31.1 Å². The number of hydrogen-bond donors (Lipinski definition) is 0. The predicted octanol–water partition coefficient (Wildman–Crippen LogP) is -2.32. The minimum Gasteiger partial charge on any atom is -1.00 e. The minimum absolute atomic E-state index is 0. The molecule has 0 aliphatic rings. The molecule has 1 aromatic rings. The molecular formula is C9H10BrNO2. The summed E-state index contributed by atoms with van der Waals surface area (Å²) in [4.78, 5) is 10.1. The summed E-state index contributed by atoms with van der Waals surface area (Å²) in [5.74, 6) is 2.33. The van der Waals surface area contributed by atoms with Crippen LogP contribution in [0.15, 0.2) is 24.4 Å². The molecule has 1 rings (SSSR count). The zero-order valence-electron chi connectivity index (χ0n) is 7.24. The molecule has 70 valence electrons. The van der Waals surface area contributed by atoms with E-state index in [1.54, 1.807) is 22.8 Å². The highest BCUT2D eigenvalue weighted by molar-refractivity contribution is 5.58. The van der Waals surface area contributed by atoms with Crippen molar-refractivity contribution in [3.8, 4) is 5.88 Å². The number of rotatable bonds is 3. The van der Waals surface area contributed by atoms with Crippen molar-refractivity contribution in [1.29, 1.82) is 0 Å². The van der Waals surface area contributed by atoms with Crippen molar-refractivity contribution in [2.45, 2.75) is 6.92 Å². The maximum absolute atomic E-state index is 10.1. The van der Waals surface area contributed by atoms with Gasteiger partial charge in [0.25, 0.3) is 6.20 Å². The van der Waals surface area contributed by atoms with Crippen molar-refractivity contribution >= 4 is 12.1 Å². The van der Waals surface area contributed by atoms with E-state index in [1.807, 2.05) is 19.1 Å². The normalized spacial score (nSPS) is 8.08. The third kappa shape index (κ3) is 3.40. The van der Waals surface area contributed by atoms with E-state index >= 15 is 0 Å². The molecule has 0 aliphatic carbocycles. The summed E-state index contributed by atoms with van der Waals surface area (Å²) in [6.45, 7) is 2.47. The highest BCUT2D eigenvalue weighted by Gasteiger charge is 2.05. The Bertz CT molecular complexity index is 308. The molecule has 0 amide bonds. The second-order valence-electron chi connectivity index (χ2n) is 2.13. The molecule has 1 heterocycles. The van der Waals surface area contributed by atoms with Gasteiger partial charge in [0.15, 0.2) is 12.1 Å². The first-order chi connectivity index (χ1) is 5.88. The fourth-order valence-electron chi connectivity index (χ4n) is 0.874. The number of hydrogen-bond acceptors (Lipinski definition) is 2. The molecule has 0 spiro atoms. The molecule has 0 bridgehead atoms. The number of halogens is 1. The Kier molecular flexibility index (Phi) is 5.85. The van der Waals surface area contributed by atoms with Gasteiger partial charge in [0.2, 0.25) is 0 Å². The zero-order chi connectivity index (χ0) is 8.81. The Morgan fingerprint density at radius 3 is 3.00 bits per heavy atom. The van der Waals surface area contributed by atoms with Crippen LogP contribution in [0.4, 0.5) is 0 Å². The summed E-state index contributed by atoms with van der Waals surface area (Å²) in [5.41, 5.74) is 0. The first kappa shape index (κ1) is 11.9. The molecule has 0 radical (unpaired) electrons. The molecule has 0 aliphatic heterocycles. The van der Waals surface area contributed by atoms with Gasteiger partial charge in [0, 0.05) is 6.07 Å². The highest BCUT2D eigenvalue weighted by Crippen LogP contribution is 2.00. The summed E-state index contributed by atoms with van der Waals surface area (Å²) in [7, 11) is 0. The fraction of sp³-hybridized carbons (Fsp3) is 0.222. The molecule has 0 saturated carbocycles. The van der Waals surface area contributed by atoms with Crippen molar-refractivity contribution in [1.82, 2.24) is 0 Å². The monoisotopic (exact) mass is 243 g/mol. The quantitative estimate of drug-likeness (QED) is 0.441. The predicted molar refractivity (Wildman–Crippen MR) is 44.3 cm³/mol. The van der Waals surface area contributed by atoms with Gasteiger partial charge in [-0.2, -0.15) is 0 Å². The van der Waals surface area contributed by atoms with Crippen LogP contribution in [0.1, 0.15) is 6.92 Å². The number of ether oxygens (including phenoxy) is 1. The smallest absolute Gasteiger partial charge is 0.373 e. The molecule has 0 aromatic carbocycles. The number of carbonyl (C=O) groups excluding carboxylic acids is 1. The van der Waals surface area contributed by atoms with Gasteiger partial charge >= 0.3 is 5.88 Å². The van der Waals surface area contributed by atoms with Gasteiger partial charge in [-0.05, 0) is 13.0 Å². The first-order valence-electron chi connectivity index (χ1n) is 3.72. The van der Waals surface area contributed by atoms with E-state index in [2.05, 4.69) is 0 Å². The van der Waals surface area contributed by atoms with E-state index in [4.69, 9.17) is 4.74 Å². The molecule has 0 fully saturated rings. The average Bonchev–Trinajstić information content (AvgIpc) is 2.09. The van der Waals surface area contributed by atoms with E-state index in [0.29, 0.717) is 12.5 Å². The van der Waals surface area contributed by atoms with Crippen molar-refractivity contribution in [3.63, 3.8) is 0 Å². The topological polar surface area (TPSA) is 30.2 Å². The van der Waals surface area contributed by atoms with E-state index in [-0.39, 0.29) is 17.0 Å². The molecule has 1 aromatic heterocycles. The second-order valence-corrected chi connectivity index (χ2v) is 2.13. The molecule has 0 saturated heterocycles. The zero-order valence-corrected chi connectivity index (χ0v) is 8.82. The van der Waals surface area contributed by atoms with Gasteiger partial charge in [-0.1, -0.05) is 0 Å². The fourth-order valence-corrected chi connectivity index (χ4v) is 0.874. The SMILES string of the molecule is CCOc1cccc[n+]1C=C=O.[Br-]. The van der Waals surface area contributed by atoms with Crippen LogP contribution in [0.2, 0.25) is 0 Å². The molecule has 0 atom stereocenters. The Morgan fingerprint density at radius 1 is 1.62 bits per heavy atom. The van der Waals surface area contributed by atoms with Crippen molar-refractivity contribution in [2.75, 3.05) is 6.61 Å². The highest BCUT2D eigenvalue weighted by atomic mass is 79.9. The third-order valence-corrected chi connectivity index (χ3v) is 1.34. The maximum atomic E-state index is 10.1. The standard InChI is InChI=1S/C9H10NO2.BrH/c1-2-12-9-5-3-4-6-10(9)7-8-11;/h3-7H,2H2,1H3;1H/q+1;/p-1. The van der Waals surface area contributed by atoms with Crippen LogP contribution in [-0.4, -0.2) is 12.5 Å². The lowest BCUT2D eigenvalue weighted by molar-refractivity contribution is -0.575. The van der Waals surface area contributed by atoms with E-state index in [9.17, 15) is 4.79 Å². The Hall–Kier alpha value is -1.12. The Morgan fingerprint density at radius 2 is 2.38 bits per heavy atom. The van der Waals surface area contributed by atoms with Crippen LogP contribution >= 0.6 is 0 Å². The Balaban J connectivity index is 0.00000144. The van der Waals surface area contributed by atoms with Crippen LogP contribution < -0.4 is 26.3 Å². The van der Waals surface area contributed by atoms with Crippen LogP contribution in [0.25, 0.3) is 6.20 Å². The van der Waals surface area contributed by atoms with E-state index < -0.39 is 0 Å². The van der Waals surface area contributed by atoms with Crippen LogP contribution in [-0.2, 0) is 4.79 Å². The summed E-state index contributed by atoms with van der Waals surface area (Å²) in [5, 5.41) is 0. The molecule has 3 nitrogen and oxygen atoms in total. The number of nitrogens with zero attached hydrogens (tertiary/aromatic N) is 1. The van der Waals surface area contributed by atoms with Gasteiger partial charge in [-0.3, -0.25) is 0 Å². The Labute approximate surface area is 87.4 Å². The molecular weight excluding hydrogens is 234 g/mol. The largest absolute Gasteiger partial charge is 1.00 e. The van der Waals surface area contributed by atoms with Gasteiger partial charge in [0.1, 0.15) is 0 Å². The van der Waals surface area contributed by atoms with Crippen LogP contribution in [0.5, 0.6) is 5.88 Å². The van der Waals surface area contributed by atoms with E-state index in [0.717, 1.165) is 0 Å². The summed E-state index contributed by atoms with van der Waals surface area (Å²) < 4.78 is 6.82. The third-order valence-electron chi connectivity index (χ3n) is 1.34. The van der Waals surface area contributed by atoms with Crippen molar-refractivity contribution in [2.24, 2.45) is 0 Å². The number of pyridine rings is 1. The summed E-state index contributed by atoms with van der Waals surface area (Å²) in [6, 6.07) is 5.45. The van der Waals surface area contributed by atoms with Crippen LogP contribution in [0, 0.1) is 0 Å². The van der Waals surface area contributed by atoms with Gasteiger partial charge in [-0.25, -0.2) is 4.79 Å². The van der Waals surface area contributed by atoms with Gasteiger partial charge in [-0.15, -0.1) is 4.57 Å². The lowest BCUT2D eigenvalue weighted by Gasteiger charge is -1.97. The second kappa shape index (κ2) is 6.40. The molecule has 4 heteroatoms. The van der Waals surface area contributed by atoms with Crippen LogP contribution in [0.3, 0.4) is 0 Å². The molecule has 13 heavy (non-hydrogen) atoms. The summed E-state index contributed by atoms with van der Waals surface area (Å²) >= 11 is 0. The lowest BCUT2D eigenvalue weighted by Crippen LogP contribution is -3.00. The number of aromatic nitrogens is 1. The molecule has 0 unspecified atom stereocenters. The van der Waals surface area contributed by atoms with E-state index in [1.165, 1.54) is 6.20 Å². The average molecular weight is 244 g/mol. The van der Waals surface area contributed by atoms with Gasteiger partial charge < -0.3 is 21.7 Å².